The third kappa shape index (κ3) is 3.89. The number of amides is 3. The molecule has 2 aliphatic heterocycles. The Bertz CT molecular complexity index is 841. The Kier molecular flexibility index (Phi) is 5.22. The highest BCUT2D eigenvalue weighted by Crippen LogP contribution is 2.25. The van der Waals surface area contributed by atoms with Crippen molar-refractivity contribution < 1.29 is 14.4 Å². The number of aromatic nitrogens is 1. The van der Waals surface area contributed by atoms with Crippen LogP contribution in [0.25, 0.3) is 0 Å². The molecular weight excluding hydrogens is 384 g/mol. The standard InChI is InChI=1S/C18H20N4O3S2/c23-15-4-1-5-22(15)18-19-13(12-27-18)11-16(24)20-6-8-21(9-7-20)17(25)14-3-2-10-26-14/h2-3,10,12H,1,4-9,11H2. The van der Waals surface area contributed by atoms with Crippen LogP contribution in [0, 0.1) is 0 Å². The van der Waals surface area contributed by atoms with E-state index in [-0.39, 0.29) is 24.1 Å². The van der Waals surface area contributed by atoms with Crippen LogP contribution >= 0.6 is 22.7 Å². The van der Waals surface area contributed by atoms with Gasteiger partial charge in [-0.15, -0.1) is 22.7 Å². The Morgan fingerprint density at radius 1 is 1.07 bits per heavy atom. The molecule has 2 saturated heterocycles. The maximum atomic E-state index is 12.6. The predicted octanol–water partition coefficient (Wildman–Crippen LogP) is 1.86. The number of thiazole rings is 1. The van der Waals surface area contributed by atoms with Crippen LogP contribution < -0.4 is 4.90 Å². The molecule has 0 saturated carbocycles. The van der Waals surface area contributed by atoms with Gasteiger partial charge in [0.2, 0.25) is 11.8 Å². The average Bonchev–Trinajstić information content (AvgIpc) is 3.43. The summed E-state index contributed by atoms with van der Waals surface area (Å²) in [6.07, 6.45) is 1.67. The monoisotopic (exact) mass is 404 g/mol. The molecule has 0 bridgehead atoms. The smallest absolute Gasteiger partial charge is 0.264 e. The molecule has 0 unspecified atom stereocenters. The van der Waals surface area contributed by atoms with Crippen LogP contribution in [0.1, 0.15) is 28.2 Å². The molecule has 9 heteroatoms. The van der Waals surface area contributed by atoms with E-state index in [1.54, 1.807) is 14.7 Å². The number of nitrogens with zero attached hydrogens (tertiary/aromatic N) is 4. The molecule has 2 aliphatic rings. The van der Waals surface area contributed by atoms with Crippen LogP contribution in [-0.4, -0.2) is 65.2 Å². The topological polar surface area (TPSA) is 73.8 Å². The van der Waals surface area contributed by atoms with E-state index < -0.39 is 0 Å². The first-order valence-electron chi connectivity index (χ1n) is 8.97. The lowest BCUT2D eigenvalue weighted by Gasteiger charge is -2.34. The van der Waals surface area contributed by atoms with E-state index in [0.717, 1.165) is 11.3 Å². The van der Waals surface area contributed by atoms with Crippen LogP contribution in [0.4, 0.5) is 5.13 Å². The molecule has 2 aromatic heterocycles. The Balaban J connectivity index is 1.30. The lowest BCUT2D eigenvalue weighted by Crippen LogP contribution is -2.50. The summed E-state index contributed by atoms with van der Waals surface area (Å²) in [6, 6.07) is 3.70. The molecule has 0 spiro atoms. The van der Waals surface area contributed by atoms with Crippen LogP contribution in [0.2, 0.25) is 0 Å². The molecule has 0 aromatic carbocycles. The molecule has 142 valence electrons. The van der Waals surface area contributed by atoms with Gasteiger partial charge in [-0.2, -0.15) is 0 Å². The SMILES string of the molecule is O=C(Cc1csc(N2CCCC2=O)n1)N1CCN(C(=O)c2cccs2)CC1. The maximum Gasteiger partial charge on any atom is 0.264 e. The zero-order valence-corrected chi connectivity index (χ0v) is 16.4. The second kappa shape index (κ2) is 7.77. The van der Waals surface area contributed by atoms with Crippen molar-refractivity contribution in [1.82, 2.24) is 14.8 Å². The summed E-state index contributed by atoms with van der Waals surface area (Å²) in [7, 11) is 0. The molecule has 4 rings (SSSR count). The molecule has 2 fully saturated rings. The van der Waals surface area contributed by atoms with Gasteiger partial charge in [-0.05, 0) is 17.9 Å². The maximum absolute atomic E-state index is 12.6. The number of rotatable bonds is 4. The normalized spacial score (nSPS) is 17.6. The Labute approximate surface area is 165 Å². The minimum atomic E-state index is 0.0165. The zero-order valence-electron chi connectivity index (χ0n) is 14.8. The van der Waals surface area contributed by atoms with Crippen LogP contribution in [0.3, 0.4) is 0 Å². The first-order valence-corrected chi connectivity index (χ1v) is 10.7. The van der Waals surface area contributed by atoms with Gasteiger partial charge in [0.1, 0.15) is 0 Å². The minimum absolute atomic E-state index is 0.0165. The van der Waals surface area contributed by atoms with E-state index in [0.29, 0.717) is 50.0 Å². The molecule has 0 aliphatic carbocycles. The summed E-state index contributed by atoms with van der Waals surface area (Å²) in [4.78, 5) is 47.3. The fourth-order valence-electron chi connectivity index (χ4n) is 3.33. The van der Waals surface area contributed by atoms with Gasteiger partial charge in [0.15, 0.2) is 5.13 Å². The highest BCUT2D eigenvalue weighted by atomic mass is 32.1. The predicted molar refractivity (Wildman–Crippen MR) is 104 cm³/mol. The number of carbonyl (C=O) groups excluding carboxylic acids is 3. The number of carbonyl (C=O) groups is 3. The second-order valence-electron chi connectivity index (χ2n) is 6.60. The summed E-state index contributed by atoms with van der Waals surface area (Å²) in [5, 5.41) is 4.44. The Morgan fingerprint density at radius 3 is 2.52 bits per heavy atom. The minimum Gasteiger partial charge on any atom is -0.339 e. The average molecular weight is 405 g/mol. The largest absolute Gasteiger partial charge is 0.339 e. The van der Waals surface area contributed by atoms with Gasteiger partial charge in [-0.3, -0.25) is 19.3 Å². The van der Waals surface area contributed by atoms with Crippen molar-refractivity contribution in [2.24, 2.45) is 0 Å². The van der Waals surface area contributed by atoms with Gasteiger partial charge >= 0.3 is 0 Å². The van der Waals surface area contributed by atoms with Crippen molar-refractivity contribution in [3.05, 3.63) is 33.5 Å². The molecule has 27 heavy (non-hydrogen) atoms. The number of piperazine rings is 1. The van der Waals surface area contributed by atoms with E-state index in [4.69, 9.17) is 0 Å². The van der Waals surface area contributed by atoms with Gasteiger partial charge < -0.3 is 9.80 Å². The molecule has 7 nitrogen and oxygen atoms in total. The second-order valence-corrected chi connectivity index (χ2v) is 8.38. The Hall–Kier alpha value is -2.26. The number of hydrogen-bond acceptors (Lipinski definition) is 6. The third-order valence-electron chi connectivity index (χ3n) is 4.83. The molecule has 3 amide bonds. The molecule has 4 heterocycles. The van der Waals surface area contributed by atoms with E-state index in [9.17, 15) is 14.4 Å². The van der Waals surface area contributed by atoms with Crippen molar-refractivity contribution >= 4 is 45.5 Å². The van der Waals surface area contributed by atoms with Gasteiger partial charge in [-0.1, -0.05) is 6.07 Å². The van der Waals surface area contributed by atoms with Crippen molar-refractivity contribution in [3.63, 3.8) is 0 Å². The number of hydrogen-bond donors (Lipinski definition) is 0. The first kappa shape index (κ1) is 18.1. The van der Waals surface area contributed by atoms with Gasteiger partial charge in [0, 0.05) is 44.5 Å². The lowest BCUT2D eigenvalue weighted by molar-refractivity contribution is -0.132. The molecule has 0 atom stereocenters. The fourth-order valence-corrected chi connectivity index (χ4v) is 4.89. The summed E-state index contributed by atoms with van der Waals surface area (Å²) in [5.74, 6) is 0.160. The quantitative estimate of drug-likeness (QED) is 0.780. The summed E-state index contributed by atoms with van der Waals surface area (Å²) in [6.45, 7) is 2.88. The van der Waals surface area contributed by atoms with Gasteiger partial charge in [-0.25, -0.2) is 4.98 Å². The van der Waals surface area contributed by atoms with E-state index in [2.05, 4.69) is 4.98 Å². The zero-order chi connectivity index (χ0) is 18.8. The highest BCUT2D eigenvalue weighted by molar-refractivity contribution is 7.14. The van der Waals surface area contributed by atoms with E-state index >= 15 is 0 Å². The fraction of sp³-hybridized carbons (Fsp3) is 0.444. The van der Waals surface area contributed by atoms with Crippen molar-refractivity contribution in [2.75, 3.05) is 37.6 Å². The van der Waals surface area contributed by atoms with Crippen LogP contribution in [0.15, 0.2) is 22.9 Å². The first-order chi connectivity index (χ1) is 13.1. The van der Waals surface area contributed by atoms with Crippen molar-refractivity contribution in [3.8, 4) is 0 Å². The van der Waals surface area contributed by atoms with Crippen molar-refractivity contribution in [2.45, 2.75) is 19.3 Å². The molecule has 0 radical (unpaired) electrons. The van der Waals surface area contributed by atoms with E-state index in [1.807, 2.05) is 22.9 Å². The summed E-state index contributed by atoms with van der Waals surface area (Å²) in [5.41, 5.74) is 0.705. The lowest BCUT2D eigenvalue weighted by atomic mass is 10.2. The van der Waals surface area contributed by atoms with Crippen molar-refractivity contribution in [1.29, 1.82) is 0 Å². The molecule has 2 aromatic rings. The molecule has 0 N–H and O–H groups in total. The summed E-state index contributed by atoms with van der Waals surface area (Å²) < 4.78 is 0. The van der Waals surface area contributed by atoms with Gasteiger partial charge in [0.25, 0.3) is 5.91 Å². The molecular formula is C18H20N4O3S2. The highest BCUT2D eigenvalue weighted by Gasteiger charge is 2.27. The van der Waals surface area contributed by atoms with Crippen LogP contribution in [-0.2, 0) is 16.0 Å². The number of thiophene rings is 1. The van der Waals surface area contributed by atoms with Crippen LogP contribution in [0.5, 0.6) is 0 Å². The number of anilines is 1. The van der Waals surface area contributed by atoms with E-state index in [1.165, 1.54) is 22.7 Å². The third-order valence-corrected chi connectivity index (χ3v) is 6.60. The summed E-state index contributed by atoms with van der Waals surface area (Å²) >= 11 is 2.85. The Morgan fingerprint density at radius 2 is 1.85 bits per heavy atom. The van der Waals surface area contributed by atoms with Gasteiger partial charge in [0.05, 0.1) is 17.0 Å².